The lowest BCUT2D eigenvalue weighted by molar-refractivity contribution is 0.192. The smallest absolute Gasteiger partial charge is 0.317 e. The maximum atomic E-state index is 12.4. The molecule has 1 aliphatic rings. The zero-order valence-corrected chi connectivity index (χ0v) is 12.9. The van der Waals surface area contributed by atoms with Crippen LogP contribution in [0.25, 0.3) is 10.9 Å². The summed E-state index contributed by atoms with van der Waals surface area (Å²) in [6, 6.07) is 10.1. The van der Waals surface area contributed by atoms with Crippen LogP contribution < -0.4 is 5.32 Å². The number of nitrogens with one attached hydrogen (secondary N) is 1. The highest BCUT2D eigenvalue weighted by Crippen LogP contribution is 2.16. The van der Waals surface area contributed by atoms with E-state index < -0.39 is 0 Å². The average molecular weight is 297 g/mol. The molecule has 2 heterocycles. The van der Waals surface area contributed by atoms with Crippen LogP contribution in [0.4, 0.5) is 4.79 Å². The summed E-state index contributed by atoms with van der Waals surface area (Å²) in [6.45, 7) is 2.31. The average Bonchev–Trinajstić information content (AvgIpc) is 2.52. The fraction of sp³-hybridized carbons (Fsp3) is 0.444. The molecule has 0 atom stereocenters. The number of fused-ring (bicyclic) bond motifs is 1. The molecule has 22 heavy (non-hydrogen) atoms. The summed E-state index contributed by atoms with van der Waals surface area (Å²) in [5.41, 5.74) is 2.09. The Kier molecular flexibility index (Phi) is 4.88. The molecular weight excluding hydrogens is 274 g/mol. The van der Waals surface area contributed by atoms with Crippen molar-refractivity contribution in [1.29, 1.82) is 0 Å². The maximum absolute atomic E-state index is 12.4. The second-order valence-corrected chi connectivity index (χ2v) is 5.90. The zero-order chi connectivity index (χ0) is 15.2. The van der Waals surface area contributed by atoms with Crippen LogP contribution in [-0.4, -0.2) is 29.0 Å². The number of aromatic nitrogens is 1. The molecule has 1 aliphatic heterocycles. The minimum atomic E-state index is 0.0581. The minimum Gasteiger partial charge on any atom is -0.334 e. The fourth-order valence-electron chi connectivity index (χ4n) is 3.04. The summed E-state index contributed by atoms with van der Waals surface area (Å²) in [4.78, 5) is 18.7. The van der Waals surface area contributed by atoms with Crippen molar-refractivity contribution >= 4 is 16.9 Å². The quantitative estimate of drug-likeness (QED) is 0.918. The van der Waals surface area contributed by atoms with Crippen LogP contribution in [0.1, 0.15) is 37.7 Å². The Morgan fingerprint density at radius 2 is 1.77 bits per heavy atom. The second-order valence-electron chi connectivity index (χ2n) is 5.90. The molecule has 1 aromatic heterocycles. The summed E-state index contributed by atoms with van der Waals surface area (Å²) in [7, 11) is 0. The van der Waals surface area contributed by atoms with Crippen molar-refractivity contribution < 1.29 is 4.79 Å². The van der Waals surface area contributed by atoms with E-state index in [-0.39, 0.29) is 6.03 Å². The van der Waals surface area contributed by atoms with Crippen LogP contribution >= 0.6 is 0 Å². The van der Waals surface area contributed by atoms with Crippen molar-refractivity contribution in [3.05, 3.63) is 42.1 Å². The molecule has 3 rings (SSSR count). The second kappa shape index (κ2) is 7.25. The fourth-order valence-corrected chi connectivity index (χ4v) is 3.04. The number of urea groups is 1. The molecule has 0 aliphatic carbocycles. The third kappa shape index (κ3) is 3.56. The number of rotatable bonds is 2. The largest absolute Gasteiger partial charge is 0.334 e. The molecule has 0 bridgehead atoms. The topological polar surface area (TPSA) is 45.2 Å². The molecule has 0 saturated carbocycles. The van der Waals surface area contributed by atoms with E-state index in [4.69, 9.17) is 0 Å². The SMILES string of the molecule is O=C(NCc1ccnc2ccccc12)N1CCCCCCC1. The number of amides is 2. The normalized spacial score (nSPS) is 16.1. The third-order valence-electron chi connectivity index (χ3n) is 4.31. The van der Waals surface area contributed by atoms with Crippen LogP contribution in [0.15, 0.2) is 36.5 Å². The van der Waals surface area contributed by atoms with Crippen molar-refractivity contribution in [2.75, 3.05) is 13.1 Å². The van der Waals surface area contributed by atoms with Gasteiger partial charge in [-0.05, 0) is 30.5 Å². The van der Waals surface area contributed by atoms with Crippen LogP contribution in [-0.2, 0) is 6.54 Å². The van der Waals surface area contributed by atoms with E-state index in [1.54, 1.807) is 6.20 Å². The number of pyridine rings is 1. The van der Waals surface area contributed by atoms with Crippen LogP contribution in [0.5, 0.6) is 0 Å². The Bertz CT molecular complexity index is 628. The Labute approximate surface area is 131 Å². The van der Waals surface area contributed by atoms with E-state index in [0.717, 1.165) is 42.4 Å². The van der Waals surface area contributed by atoms with Gasteiger partial charge in [-0.15, -0.1) is 0 Å². The number of benzene rings is 1. The number of hydrogen-bond donors (Lipinski definition) is 1. The molecule has 1 saturated heterocycles. The van der Waals surface area contributed by atoms with Crippen molar-refractivity contribution in [2.45, 2.75) is 38.6 Å². The van der Waals surface area contributed by atoms with Gasteiger partial charge in [-0.2, -0.15) is 0 Å². The highest BCUT2D eigenvalue weighted by atomic mass is 16.2. The maximum Gasteiger partial charge on any atom is 0.317 e. The van der Waals surface area contributed by atoms with Crippen molar-refractivity contribution in [3.8, 4) is 0 Å². The Morgan fingerprint density at radius 1 is 1.05 bits per heavy atom. The van der Waals surface area contributed by atoms with Crippen molar-refractivity contribution in [1.82, 2.24) is 15.2 Å². The number of carbonyl (C=O) groups excluding carboxylic acids is 1. The monoisotopic (exact) mass is 297 g/mol. The van der Waals surface area contributed by atoms with Crippen molar-refractivity contribution in [3.63, 3.8) is 0 Å². The Balaban J connectivity index is 1.64. The summed E-state index contributed by atoms with van der Waals surface area (Å²) in [5.74, 6) is 0. The summed E-state index contributed by atoms with van der Waals surface area (Å²) >= 11 is 0. The summed E-state index contributed by atoms with van der Waals surface area (Å²) in [6.07, 6.45) is 7.81. The van der Waals surface area contributed by atoms with Gasteiger partial charge in [0.05, 0.1) is 5.52 Å². The minimum absolute atomic E-state index is 0.0581. The van der Waals surface area contributed by atoms with Gasteiger partial charge in [-0.25, -0.2) is 4.79 Å². The third-order valence-corrected chi connectivity index (χ3v) is 4.31. The summed E-state index contributed by atoms with van der Waals surface area (Å²) < 4.78 is 0. The zero-order valence-electron chi connectivity index (χ0n) is 12.9. The van der Waals surface area contributed by atoms with E-state index in [2.05, 4.69) is 16.4 Å². The predicted molar refractivity (Wildman–Crippen MR) is 88.6 cm³/mol. The standard InChI is InChI=1S/C18H23N3O/c22-18(21-12-6-2-1-3-7-13-21)20-14-15-10-11-19-17-9-5-4-8-16(15)17/h4-5,8-11H,1-3,6-7,12-14H2,(H,20,22). The van der Waals surface area contributed by atoms with Crippen LogP contribution in [0, 0.1) is 0 Å². The first-order chi connectivity index (χ1) is 10.8. The number of nitrogens with zero attached hydrogens (tertiary/aromatic N) is 2. The van der Waals surface area contributed by atoms with Gasteiger partial charge in [0.1, 0.15) is 0 Å². The van der Waals surface area contributed by atoms with Crippen molar-refractivity contribution in [2.24, 2.45) is 0 Å². The number of carbonyl (C=O) groups is 1. The lowest BCUT2D eigenvalue weighted by atomic mass is 10.1. The predicted octanol–water partition coefficient (Wildman–Crippen LogP) is 3.71. The Morgan fingerprint density at radius 3 is 2.59 bits per heavy atom. The van der Waals surface area contributed by atoms with Gasteiger partial charge in [0.15, 0.2) is 0 Å². The molecule has 2 aromatic rings. The molecule has 1 N–H and O–H groups in total. The van der Waals surface area contributed by atoms with Crippen LogP contribution in [0.2, 0.25) is 0 Å². The molecule has 2 amide bonds. The molecule has 0 unspecified atom stereocenters. The van der Waals surface area contributed by atoms with Gasteiger partial charge in [-0.3, -0.25) is 4.98 Å². The molecule has 4 nitrogen and oxygen atoms in total. The molecule has 1 aromatic carbocycles. The first-order valence-corrected chi connectivity index (χ1v) is 8.20. The van der Waals surface area contributed by atoms with Gasteiger partial charge in [0.25, 0.3) is 0 Å². The summed E-state index contributed by atoms with van der Waals surface area (Å²) in [5, 5.41) is 4.18. The number of likely N-dealkylation sites (tertiary alicyclic amines) is 1. The van der Waals surface area contributed by atoms with E-state index in [9.17, 15) is 4.79 Å². The molecule has 1 fully saturated rings. The van der Waals surface area contributed by atoms with Gasteiger partial charge < -0.3 is 10.2 Å². The van der Waals surface area contributed by atoms with E-state index in [1.165, 1.54) is 19.3 Å². The number of hydrogen-bond acceptors (Lipinski definition) is 2. The first-order valence-electron chi connectivity index (χ1n) is 8.20. The van der Waals surface area contributed by atoms with Gasteiger partial charge in [-0.1, -0.05) is 37.5 Å². The Hall–Kier alpha value is -2.10. The molecule has 116 valence electrons. The van der Waals surface area contributed by atoms with E-state index in [0.29, 0.717) is 6.54 Å². The van der Waals surface area contributed by atoms with Crippen LogP contribution in [0.3, 0.4) is 0 Å². The molecule has 0 spiro atoms. The molecule has 4 heteroatoms. The van der Waals surface area contributed by atoms with E-state index in [1.807, 2.05) is 29.2 Å². The lowest BCUT2D eigenvalue weighted by Gasteiger charge is -2.25. The van der Waals surface area contributed by atoms with Gasteiger partial charge in [0, 0.05) is 31.2 Å². The first kappa shape index (κ1) is 14.8. The highest BCUT2D eigenvalue weighted by Gasteiger charge is 2.14. The highest BCUT2D eigenvalue weighted by molar-refractivity contribution is 5.82. The van der Waals surface area contributed by atoms with E-state index >= 15 is 0 Å². The number of para-hydroxylation sites is 1. The molecule has 0 radical (unpaired) electrons. The lowest BCUT2D eigenvalue weighted by Crippen LogP contribution is -2.41. The van der Waals surface area contributed by atoms with Gasteiger partial charge in [0.2, 0.25) is 0 Å². The van der Waals surface area contributed by atoms with Gasteiger partial charge >= 0.3 is 6.03 Å². The molecular formula is C18H23N3O.